The number of nitrogens with zero attached hydrogens (tertiary/aromatic N) is 4. The maximum Gasteiger partial charge on any atom is 0.273 e. The van der Waals surface area contributed by atoms with Crippen LogP contribution in [0.1, 0.15) is 64.9 Å². The predicted molar refractivity (Wildman–Crippen MR) is 127 cm³/mol. The van der Waals surface area contributed by atoms with E-state index in [9.17, 15) is 9.18 Å². The van der Waals surface area contributed by atoms with Crippen molar-refractivity contribution in [3.8, 4) is 11.3 Å². The summed E-state index contributed by atoms with van der Waals surface area (Å²) in [5, 5.41) is 6.82. The standard InChI is InChI=1S/C26H25FN4OS/c1-15-4-5-18(19(27)12-15)20-14-24-28-21(13-23(31(24)29-20)26(3)8-9-26)25(32)30-10-6-22-17(16(30)2)7-11-33-22/h4-5,7,11-14,16H,6,8-10H2,1-3H3. The maximum absolute atomic E-state index is 14.7. The van der Waals surface area contributed by atoms with Gasteiger partial charge in [-0.2, -0.15) is 5.10 Å². The number of amides is 1. The van der Waals surface area contributed by atoms with Crippen molar-refractivity contribution in [2.45, 2.75) is 51.5 Å². The molecule has 0 spiro atoms. The van der Waals surface area contributed by atoms with E-state index in [1.807, 2.05) is 24.0 Å². The molecule has 1 saturated carbocycles. The summed E-state index contributed by atoms with van der Waals surface area (Å²) in [6.45, 7) is 6.82. The van der Waals surface area contributed by atoms with Crippen LogP contribution in [-0.2, 0) is 11.8 Å². The first-order valence-corrected chi connectivity index (χ1v) is 12.3. The Kier molecular flexibility index (Phi) is 4.49. The second kappa shape index (κ2) is 7.22. The summed E-state index contributed by atoms with van der Waals surface area (Å²) in [7, 11) is 0. The Balaban J connectivity index is 1.45. The Bertz CT molecular complexity index is 1420. The molecule has 168 valence electrons. The van der Waals surface area contributed by atoms with Crippen LogP contribution in [0.2, 0.25) is 0 Å². The van der Waals surface area contributed by atoms with E-state index in [0.29, 0.717) is 29.1 Å². The minimum absolute atomic E-state index is 0.0209. The number of carbonyl (C=O) groups excluding carboxylic acids is 1. The predicted octanol–water partition coefficient (Wildman–Crippen LogP) is 5.72. The fraction of sp³-hybridized carbons (Fsp3) is 0.346. The van der Waals surface area contributed by atoms with Gasteiger partial charge in [0, 0.05) is 28.5 Å². The Morgan fingerprint density at radius 1 is 1.21 bits per heavy atom. The molecule has 1 aliphatic carbocycles. The van der Waals surface area contributed by atoms with Crippen LogP contribution in [0, 0.1) is 12.7 Å². The molecule has 4 heterocycles. The van der Waals surface area contributed by atoms with E-state index >= 15 is 0 Å². The zero-order valence-electron chi connectivity index (χ0n) is 18.9. The molecule has 2 aliphatic rings. The molecule has 0 bridgehead atoms. The van der Waals surface area contributed by atoms with Gasteiger partial charge in [0.2, 0.25) is 0 Å². The largest absolute Gasteiger partial charge is 0.330 e. The first kappa shape index (κ1) is 20.5. The number of rotatable bonds is 3. The lowest BCUT2D eigenvalue weighted by Gasteiger charge is -2.33. The van der Waals surface area contributed by atoms with Crippen LogP contribution in [0.4, 0.5) is 4.39 Å². The van der Waals surface area contributed by atoms with Crippen LogP contribution in [0.25, 0.3) is 16.9 Å². The number of fused-ring (bicyclic) bond motifs is 2. The van der Waals surface area contributed by atoms with E-state index in [0.717, 1.165) is 30.5 Å². The molecule has 1 fully saturated rings. The van der Waals surface area contributed by atoms with E-state index in [1.54, 1.807) is 28.0 Å². The Labute approximate surface area is 195 Å². The van der Waals surface area contributed by atoms with Crippen molar-refractivity contribution in [3.05, 3.63) is 75.0 Å². The highest BCUT2D eigenvalue weighted by molar-refractivity contribution is 7.10. The lowest BCUT2D eigenvalue weighted by atomic mass is 10.00. The molecular formula is C26H25FN4OS. The minimum atomic E-state index is -0.303. The summed E-state index contributed by atoms with van der Waals surface area (Å²) >= 11 is 1.76. The van der Waals surface area contributed by atoms with Crippen molar-refractivity contribution in [3.63, 3.8) is 0 Å². The summed E-state index contributed by atoms with van der Waals surface area (Å²) in [5.41, 5.74) is 5.02. The first-order chi connectivity index (χ1) is 15.8. The van der Waals surface area contributed by atoms with Gasteiger partial charge in [-0.15, -0.1) is 11.3 Å². The SMILES string of the molecule is Cc1ccc(-c2cc3nc(C(=O)N4CCc5sccc5C4C)cc(C4(C)CC4)n3n2)c(F)c1. The first-order valence-electron chi connectivity index (χ1n) is 11.4. The van der Waals surface area contributed by atoms with Crippen molar-refractivity contribution in [1.82, 2.24) is 19.5 Å². The fourth-order valence-corrected chi connectivity index (χ4v) is 5.81. The van der Waals surface area contributed by atoms with E-state index < -0.39 is 0 Å². The van der Waals surface area contributed by atoms with Gasteiger partial charge >= 0.3 is 0 Å². The van der Waals surface area contributed by atoms with Gasteiger partial charge in [0.1, 0.15) is 11.5 Å². The zero-order chi connectivity index (χ0) is 22.9. The monoisotopic (exact) mass is 460 g/mol. The van der Waals surface area contributed by atoms with Crippen LogP contribution in [0.15, 0.2) is 41.8 Å². The average Bonchev–Trinajstić information content (AvgIpc) is 3.19. The van der Waals surface area contributed by atoms with Crippen LogP contribution in [-0.4, -0.2) is 31.9 Å². The number of benzene rings is 1. The minimum Gasteiger partial charge on any atom is -0.330 e. The molecule has 1 unspecified atom stereocenters. The summed E-state index contributed by atoms with van der Waals surface area (Å²) in [4.78, 5) is 21.6. The summed E-state index contributed by atoms with van der Waals surface area (Å²) < 4.78 is 16.5. The zero-order valence-corrected chi connectivity index (χ0v) is 19.7. The third-order valence-corrected chi connectivity index (χ3v) is 8.20. The molecule has 7 heteroatoms. The Hall–Kier alpha value is -3.06. The van der Waals surface area contributed by atoms with Crippen LogP contribution in [0.3, 0.4) is 0 Å². The second-order valence-electron chi connectivity index (χ2n) is 9.59. The Morgan fingerprint density at radius 3 is 2.79 bits per heavy atom. The highest BCUT2D eigenvalue weighted by Gasteiger charge is 2.42. The second-order valence-corrected chi connectivity index (χ2v) is 10.6. The summed E-state index contributed by atoms with van der Waals surface area (Å²) in [5.74, 6) is -0.362. The van der Waals surface area contributed by atoms with Crippen LogP contribution >= 0.6 is 11.3 Å². The molecule has 0 radical (unpaired) electrons. The maximum atomic E-state index is 14.7. The molecule has 4 aromatic rings. The smallest absolute Gasteiger partial charge is 0.273 e. The highest BCUT2D eigenvalue weighted by Crippen LogP contribution is 2.48. The molecule has 33 heavy (non-hydrogen) atoms. The number of halogens is 1. The molecule has 0 saturated heterocycles. The van der Waals surface area contributed by atoms with E-state index in [4.69, 9.17) is 10.1 Å². The average molecular weight is 461 g/mol. The van der Waals surface area contributed by atoms with E-state index in [-0.39, 0.29) is 23.2 Å². The van der Waals surface area contributed by atoms with Crippen molar-refractivity contribution in [2.75, 3.05) is 6.54 Å². The normalized spacial score (nSPS) is 19.0. The molecule has 1 atom stereocenters. The van der Waals surface area contributed by atoms with Gasteiger partial charge in [-0.25, -0.2) is 13.9 Å². The van der Waals surface area contributed by atoms with Gasteiger partial charge in [0.05, 0.1) is 17.4 Å². The Morgan fingerprint density at radius 2 is 2.03 bits per heavy atom. The molecular weight excluding hydrogens is 435 g/mol. The number of carbonyl (C=O) groups is 1. The summed E-state index contributed by atoms with van der Waals surface area (Å²) in [6, 6.07) is 11.0. The molecule has 1 amide bonds. The van der Waals surface area contributed by atoms with Crippen LogP contribution < -0.4 is 0 Å². The quantitative estimate of drug-likeness (QED) is 0.393. The van der Waals surface area contributed by atoms with Crippen molar-refractivity contribution in [2.24, 2.45) is 0 Å². The number of aryl methyl sites for hydroxylation is 1. The highest BCUT2D eigenvalue weighted by atomic mass is 32.1. The molecule has 1 aromatic carbocycles. The van der Waals surface area contributed by atoms with Crippen LogP contribution in [0.5, 0.6) is 0 Å². The number of aromatic nitrogens is 3. The van der Waals surface area contributed by atoms with Gasteiger partial charge in [-0.3, -0.25) is 4.79 Å². The molecule has 0 N–H and O–H groups in total. The van der Waals surface area contributed by atoms with Crippen molar-refractivity contribution < 1.29 is 9.18 Å². The van der Waals surface area contributed by atoms with Gasteiger partial charge in [-0.05, 0) is 73.9 Å². The molecule has 5 nitrogen and oxygen atoms in total. The topological polar surface area (TPSA) is 50.5 Å². The van der Waals surface area contributed by atoms with Gasteiger partial charge in [-0.1, -0.05) is 13.0 Å². The number of hydrogen-bond donors (Lipinski definition) is 0. The van der Waals surface area contributed by atoms with Gasteiger partial charge in [0.15, 0.2) is 5.65 Å². The lowest BCUT2D eigenvalue weighted by Crippen LogP contribution is -2.38. The van der Waals surface area contributed by atoms with Gasteiger partial charge in [0.25, 0.3) is 5.91 Å². The molecule has 1 aliphatic heterocycles. The fourth-order valence-electron chi connectivity index (χ4n) is 4.85. The van der Waals surface area contributed by atoms with Crippen molar-refractivity contribution in [1.29, 1.82) is 0 Å². The van der Waals surface area contributed by atoms with E-state index in [2.05, 4.69) is 25.3 Å². The van der Waals surface area contributed by atoms with Crippen molar-refractivity contribution >= 4 is 22.9 Å². The number of thiophene rings is 1. The van der Waals surface area contributed by atoms with Gasteiger partial charge < -0.3 is 4.90 Å². The third kappa shape index (κ3) is 3.29. The number of hydrogen-bond acceptors (Lipinski definition) is 4. The van der Waals surface area contributed by atoms with E-state index in [1.165, 1.54) is 16.5 Å². The lowest BCUT2D eigenvalue weighted by molar-refractivity contribution is 0.0673. The molecule has 6 rings (SSSR count). The molecule has 3 aromatic heterocycles. The third-order valence-electron chi connectivity index (χ3n) is 7.20. The summed E-state index contributed by atoms with van der Waals surface area (Å²) in [6.07, 6.45) is 2.94.